The van der Waals surface area contributed by atoms with Gasteiger partial charge in [-0.1, -0.05) is 34.1 Å². The molecule has 0 bridgehead atoms. The molecular weight excluding hydrogens is 170 g/mol. The van der Waals surface area contributed by atoms with Crippen LogP contribution in [0.5, 0.6) is 0 Å². The molecule has 84 valence electrons. The van der Waals surface area contributed by atoms with Gasteiger partial charge in [0.2, 0.25) is 0 Å². The molecule has 0 radical (unpaired) electrons. The van der Waals surface area contributed by atoms with Gasteiger partial charge in [0.25, 0.3) is 0 Å². The van der Waals surface area contributed by atoms with Crippen LogP contribution in [0.2, 0.25) is 0 Å². The molecule has 1 rings (SSSR count). The summed E-state index contributed by atoms with van der Waals surface area (Å²) in [6, 6.07) is 0.805. The van der Waals surface area contributed by atoms with Gasteiger partial charge in [-0.25, -0.2) is 0 Å². The first kappa shape index (κ1) is 12.0. The lowest BCUT2D eigenvalue weighted by Gasteiger charge is -2.21. The van der Waals surface area contributed by atoms with Crippen molar-refractivity contribution in [2.75, 3.05) is 6.54 Å². The summed E-state index contributed by atoms with van der Waals surface area (Å²) in [5.74, 6) is 2.85. The largest absolute Gasteiger partial charge is 0.314 e. The second-order valence-electron chi connectivity index (χ2n) is 5.19. The highest BCUT2D eigenvalue weighted by Crippen LogP contribution is 2.42. The molecule has 0 saturated heterocycles. The van der Waals surface area contributed by atoms with Crippen molar-refractivity contribution in [1.29, 1.82) is 0 Å². The predicted molar refractivity (Wildman–Crippen MR) is 63.4 cm³/mol. The van der Waals surface area contributed by atoms with E-state index in [2.05, 4.69) is 33.0 Å². The van der Waals surface area contributed by atoms with Crippen LogP contribution in [0.25, 0.3) is 0 Å². The van der Waals surface area contributed by atoms with Gasteiger partial charge in [0.05, 0.1) is 0 Å². The van der Waals surface area contributed by atoms with E-state index in [1.807, 2.05) is 0 Å². The molecule has 1 fully saturated rings. The summed E-state index contributed by atoms with van der Waals surface area (Å²) in [6.07, 6.45) is 5.42. The fourth-order valence-electron chi connectivity index (χ4n) is 2.25. The first-order valence-corrected chi connectivity index (χ1v) is 6.42. The van der Waals surface area contributed by atoms with Gasteiger partial charge in [-0.3, -0.25) is 0 Å². The maximum Gasteiger partial charge on any atom is 0.0100 e. The van der Waals surface area contributed by atoms with E-state index in [-0.39, 0.29) is 0 Å². The van der Waals surface area contributed by atoms with Crippen LogP contribution in [-0.2, 0) is 0 Å². The Hall–Kier alpha value is -0.0400. The summed E-state index contributed by atoms with van der Waals surface area (Å²) in [7, 11) is 0. The van der Waals surface area contributed by atoms with Gasteiger partial charge >= 0.3 is 0 Å². The van der Waals surface area contributed by atoms with Crippen molar-refractivity contribution in [1.82, 2.24) is 5.32 Å². The van der Waals surface area contributed by atoms with Gasteiger partial charge in [0.15, 0.2) is 0 Å². The molecule has 4 unspecified atom stereocenters. The molecule has 0 heterocycles. The number of hydrogen-bond acceptors (Lipinski definition) is 1. The molecule has 14 heavy (non-hydrogen) atoms. The highest BCUT2D eigenvalue weighted by Gasteiger charge is 2.39. The van der Waals surface area contributed by atoms with Gasteiger partial charge < -0.3 is 5.32 Å². The highest BCUT2D eigenvalue weighted by atomic mass is 14.9. The maximum absolute atomic E-state index is 3.73. The lowest BCUT2D eigenvalue weighted by molar-refractivity contribution is 0.355. The average Bonchev–Trinajstić information content (AvgIpc) is 2.89. The zero-order valence-electron chi connectivity index (χ0n) is 10.3. The van der Waals surface area contributed by atoms with Gasteiger partial charge in [0, 0.05) is 6.04 Å². The number of hydrogen-bond donors (Lipinski definition) is 1. The second-order valence-corrected chi connectivity index (χ2v) is 5.19. The Morgan fingerprint density at radius 2 is 2.00 bits per heavy atom. The average molecular weight is 197 g/mol. The minimum Gasteiger partial charge on any atom is -0.314 e. The van der Waals surface area contributed by atoms with Gasteiger partial charge in [-0.15, -0.1) is 0 Å². The zero-order valence-corrected chi connectivity index (χ0v) is 10.3. The highest BCUT2D eigenvalue weighted by molar-refractivity contribution is 4.92. The second kappa shape index (κ2) is 5.75. The summed E-state index contributed by atoms with van der Waals surface area (Å²) >= 11 is 0. The topological polar surface area (TPSA) is 12.0 Å². The van der Waals surface area contributed by atoms with Gasteiger partial charge in [-0.2, -0.15) is 0 Å². The molecule has 1 N–H and O–H groups in total. The first-order valence-electron chi connectivity index (χ1n) is 6.42. The Morgan fingerprint density at radius 3 is 2.43 bits per heavy atom. The minimum absolute atomic E-state index is 0.805. The van der Waals surface area contributed by atoms with E-state index in [1.165, 1.54) is 32.2 Å². The van der Waals surface area contributed by atoms with E-state index < -0.39 is 0 Å². The fraction of sp³-hybridized carbons (Fsp3) is 1.00. The monoisotopic (exact) mass is 197 g/mol. The van der Waals surface area contributed by atoms with Crippen molar-refractivity contribution in [2.45, 2.75) is 59.4 Å². The van der Waals surface area contributed by atoms with Crippen molar-refractivity contribution >= 4 is 0 Å². The van der Waals surface area contributed by atoms with E-state index in [0.717, 1.165) is 23.8 Å². The third-order valence-electron chi connectivity index (χ3n) is 3.70. The summed E-state index contributed by atoms with van der Waals surface area (Å²) in [4.78, 5) is 0. The Labute approximate surface area is 89.7 Å². The smallest absolute Gasteiger partial charge is 0.0100 e. The van der Waals surface area contributed by atoms with Crippen LogP contribution in [0, 0.1) is 17.8 Å². The molecule has 1 heteroatoms. The molecule has 0 aliphatic heterocycles. The Morgan fingerprint density at radius 1 is 1.36 bits per heavy atom. The van der Waals surface area contributed by atoms with Crippen LogP contribution in [0.15, 0.2) is 0 Å². The predicted octanol–water partition coefficient (Wildman–Crippen LogP) is 3.45. The molecule has 0 amide bonds. The third kappa shape index (κ3) is 3.61. The number of rotatable bonds is 7. The van der Waals surface area contributed by atoms with Crippen LogP contribution in [0.1, 0.15) is 53.4 Å². The Bertz CT molecular complexity index is 155. The molecule has 4 atom stereocenters. The Kier molecular flexibility index (Phi) is 4.94. The van der Waals surface area contributed by atoms with Crippen molar-refractivity contribution in [3.8, 4) is 0 Å². The van der Waals surface area contributed by atoms with Crippen molar-refractivity contribution < 1.29 is 0 Å². The molecule has 1 nitrogen and oxygen atoms in total. The van der Waals surface area contributed by atoms with E-state index in [9.17, 15) is 0 Å². The molecule has 1 saturated carbocycles. The van der Waals surface area contributed by atoms with Gasteiger partial charge in [0.1, 0.15) is 0 Å². The van der Waals surface area contributed by atoms with E-state index in [1.54, 1.807) is 0 Å². The standard InChI is InChI=1S/C13H27N/c1-5-7-14-13(8-10(3)6-2)12-9-11(12)4/h10-14H,5-9H2,1-4H3. The molecule has 1 aliphatic carbocycles. The van der Waals surface area contributed by atoms with Crippen molar-refractivity contribution in [3.05, 3.63) is 0 Å². The van der Waals surface area contributed by atoms with Crippen LogP contribution in [-0.4, -0.2) is 12.6 Å². The lowest BCUT2D eigenvalue weighted by atomic mass is 9.95. The van der Waals surface area contributed by atoms with E-state index >= 15 is 0 Å². The van der Waals surface area contributed by atoms with Crippen LogP contribution in [0.3, 0.4) is 0 Å². The van der Waals surface area contributed by atoms with Crippen molar-refractivity contribution in [2.24, 2.45) is 17.8 Å². The third-order valence-corrected chi connectivity index (χ3v) is 3.70. The van der Waals surface area contributed by atoms with Crippen LogP contribution >= 0.6 is 0 Å². The van der Waals surface area contributed by atoms with E-state index in [4.69, 9.17) is 0 Å². The summed E-state index contributed by atoms with van der Waals surface area (Å²) < 4.78 is 0. The number of nitrogens with one attached hydrogen (secondary N) is 1. The van der Waals surface area contributed by atoms with Crippen molar-refractivity contribution in [3.63, 3.8) is 0 Å². The fourth-order valence-corrected chi connectivity index (χ4v) is 2.25. The molecule has 0 aromatic carbocycles. The zero-order chi connectivity index (χ0) is 10.6. The molecular formula is C13H27N. The van der Waals surface area contributed by atoms with E-state index in [0.29, 0.717) is 0 Å². The summed E-state index contributed by atoms with van der Waals surface area (Å²) in [5.41, 5.74) is 0. The lowest BCUT2D eigenvalue weighted by Crippen LogP contribution is -2.33. The quantitative estimate of drug-likeness (QED) is 0.659. The minimum atomic E-state index is 0.805. The normalized spacial score (nSPS) is 30.0. The van der Waals surface area contributed by atoms with Gasteiger partial charge in [-0.05, 0) is 43.6 Å². The molecule has 0 aromatic rings. The molecule has 0 spiro atoms. The molecule has 0 aromatic heterocycles. The molecule has 1 aliphatic rings. The first-order chi connectivity index (χ1) is 6.69. The maximum atomic E-state index is 3.73. The summed E-state index contributed by atoms with van der Waals surface area (Å²) in [6.45, 7) is 10.5. The SMILES string of the molecule is CCCNC(CC(C)CC)C1CC1C. The van der Waals surface area contributed by atoms with Crippen LogP contribution in [0.4, 0.5) is 0 Å². The van der Waals surface area contributed by atoms with Crippen LogP contribution < -0.4 is 5.32 Å². The Balaban J connectivity index is 2.29. The summed E-state index contributed by atoms with van der Waals surface area (Å²) in [5, 5.41) is 3.73.